The van der Waals surface area contributed by atoms with Gasteiger partial charge in [-0.05, 0) is 62.7 Å². The predicted octanol–water partition coefficient (Wildman–Crippen LogP) is 5.34. The minimum absolute atomic E-state index is 0.0112. The third-order valence-corrected chi connectivity index (χ3v) is 5.29. The fraction of sp³-hybridized carbons (Fsp3) is 0.263. The number of thiazole rings is 1. The maximum Gasteiger partial charge on any atom is 0.184 e. The zero-order valence-electron chi connectivity index (χ0n) is 14.3. The van der Waals surface area contributed by atoms with Crippen molar-refractivity contribution in [2.24, 2.45) is 0 Å². The maximum absolute atomic E-state index is 12.6. The Bertz CT molecular complexity index is 906. The number of carbonyl (C=O) groups is 1. The van der Waals surface area contributed by atoms with Gasteiger partial charge in [-0.1, -0.05) is 22.9 Å². The number of anilines is 1. The Morgan fingerprint density at radius 1 is 1.28 bits per heavy atom. The van der Waals surface area contributed by atoms with Gasteiger partial charge in [0.25, 0.3) is 0 Å². The van der Waals surface area contributed by atoms with Crippen LogP contribution in [0, 0.1) is 6.92 Å². The molecule has 1 atom stereocenters. The molecule has 0 saturated heterocycles. The summed E-state index contributed by atoms with van der Waals surface area (Å²) >= 11 is 7.67. The largest absolute Gasteiger partial charge is 0.494 e. The minimum atomic E-state index is -0.380. The van der Waals surface area contributed by atoms with Crippen LogP contribution in [0.2, 0.25) is 5.02 Å². The van der Waals surface area contributed by atoms with Gasteiger partial charge in [-0.3, -0.25) is 4.79 Å². The number of hydrogen-bond donors (Lipinski definition) is 1. The quantitative estimate of drug-likeness (QED) is 0.591. The van der Waals surface area contributed by atoms with Gasteiger partial charge in [0.2, 0.25) is 0 Å². The van der Waals surface area contributed by atoms with Crippen molar-refractivity contribution in [1.82, 2.24) is 4.98 Å². The highest BCUT2D eigenvalue weighted by molar-refractivity contribution is 7.22. The van der Waals surface area contributed by atoms with Crippen LogP contribution in [0.1, 0.15) is 29.8 Å². The second-order valence-corrected chi connectivity index (χ2v) is 7.16. The molecule has 0 amide bonds. The summed E-state index contributed by atoms with van der Waals surface area (Å²) in [6, 6.07) is 10.6. The van der Waals surface area contributed by atoms with Gasteiger partial charge in [-0.2, -0.15) is 0 Å². The number of aromatic nitrogens is 1. The first kappa shape index (κ1) is 17.7. The normalized spacial score (nSPS) is 12.2. The van der Waals surface area contributed by atoms with E-state index in [0.29, 0.717) is 22.3 Å². The number of carbonyl (C=O) groups excluding carboxylic acids is 1. The van der Waals surface area contributed by atoms with Gasteiger partial charge in [-0.25, -0.2) is 4.98 Å². The van der Waals surface area contributed by atoms with Gasteiger partial charge in [0.05, 0.1) is 22.9 Å². The van der Waals surface area contributed by atoms with Crippen molar-refractivity contribution in [1.29, 1.82) is 0 Å². The molecule has 25 heavy (non-hydrogen) atoms. The SMILES string of the molecule is CCOc1ccc(C(=O)C(C)Nc2nc3c(C)c(Cl)ccc3s2)cc1. The molecular weight excluding hydrogens is 356 g/mol. The summed E-state index contributed by atoms with van der Waals surface area (Å²) in [6.45, 7) is 6.32. The monoisotopic (exact) mass is 374 g/mol. The number of ketones is 1. The number of halogens is 1. The number of aryl methyl sites for hydroxylation is 1. The van der Waals surface area contributed by atoms with Crippen LogP contribution in [-0.4, -0.2) is 23.4 Å². The number of nitrogens with zero attached hydrogens (tertiary/aromatic N) is 1. The second-order valence-electron chi connectivity index (χ2n) is 5.73. The summed E-state index contributed by atoms with van der Waals surface area (Å²) in [5.41, 5.74) is 2.47. The molecule has 1 N–H and O–H groups in total. The van der Waals surface area contributed by atoms with Gasteiger partial charge in [-0.15, -0.1) is 0 Å². The van der Waals surface area contributed by atoms with E-state index < -0.39 is 0 Å². The van der Waals surface area contributed by atoms with Crippen LogP contribution >= 0.6 is 22.9 Å². The number of benzene rings is 2. The van der Waals surface area contributed by atoms with Crippen LogP contribution in [-0.2, 0) is 0 Å². The first-order chi connectivity index (χ1) is 12.0. The Morgan fingerprint density at radius 3 is 2.68 bits per heavy atom. The topological polar surface area (TPSA) is 51.2 Å². The molecule has 3 aromatic rings. The molecule has 0 aliphatic rings. The molecular formula is C19H19ClN2O2S. The smallest absolute Gasteiger partial charge is 0.184 e. The predicted molar refractivity (Wildman–Crippen MR) is 104 cm³/mol. The molecule has 0 saturated carbocycles. The summed E-state index contributed by atoms with van der Waals surface area (Å²) in [6.07, 6.45) is 0. The molecule has 3 rings (SSSR count). The Balaban J connectivity index is 1.76. The Morgan fingerprint density at radius 2 is 2.00 bits per heavy atom. The van der Waals surface area contributed by atoms with Crippen LogP contribution in [0.4, 0.5) is 5.13 Å². The number of hydrogen-bond acceptors (Lipinski definition) is 5. The van der Waals surface area contributed by atoms with E-state index in [1.807, 2.05) is 45.0 Å². The van der Waals surface area contributed by atoms with Crippen molar-refractivity contribution in [3.63, 3.8) is 0 Å². The fourth-order valence-corrected chi connectivity index (χ4v) is 3.71. The van der Waals surface area contributed by atoms with Crippen molar-refractivity contribution in [3.05, 3.63) is 52.5 Å². The number of ether oxygens (including phenoxy) is 1. The van der Waals surface area contributed by atoms with E-state index in [2.05, 4.69) is 10.3 Å². The molecule has 1 heterocycles. The van der Waals surface area contributed by atoms with E-state index in [-0.39, 0.29) is 11.8 Å². The lowest BCUT2D eigenvalue weighted by atomic mass is 10.1. The molecule has 0 spiro atoms. The summed E-state index contributed by atoms with van der Waals surface area (Å²) in [4.78, 5) is 17.2. The zero-order chi connectivity index (χ0) is 18.0. The molecule has 1 aromatic heterocycles. The van der Waals surface area contributed by atoms with Crippen LogP contribution in [0.15, 0.2) is 36.4 Å². The highest BCUT2D eigenvalue weighted by atomic mass is 35.5. The summed E-state index contributed by atoms with van der Waals surface area (Å²) in [5, 5.41) is 4.61. The summed E-state index contributed by atoms with van der Waals surface area (Å²) < 4.78 is 6.45. The van der Waals surface area contributed by atoms with Crippen molar-refractivity contribution in [2.45, 2.75) is 26.8 Å². The minimum Gasteiger partial charge on any atom is -0.494 e. The van der Waals surface area contributed by atoms with Crippen molar-refractivity contribution < 1.29 is 9.53 Å². The number of Topliss-reactive ketones (excluding diaryl/α,β-unsaturated/α-hetero) is 1. The van der Waals surface area contributed by atoms with Gasteiger partial charge < -0.3 is 10.1 Å². The Kier molecular flexibility index (Phi) is 5.25. The molecule has 130 valence electrons. The van der Waals surface area contributed by atoms with Gasteiger partial charge in [0.15, 0.2) is 10.9 Å². The molecule has 1 unspecified atom stereocenters. The molecule has 0 aliphatic heterocycles. The third-order valence-electron chi connectivity index (χ3n) is 3.93. The van der Waals surface area contributed by atoms with Crippen LogP contribution < -0.4 is 10.1 Å². The summed E-state index contributed by atoms with van der Waals surface area (Å²) in [7, 11) is 0. The molecule has 0 fully saturated rings. The lowest BCUT2D eigenvalue weighted by molar-refractivity contribution is 0.0975. The standard InChI is InChI=1S/C19H19ClN2O2S/c1-4-24-14-7-5-13(6-8-14)18(23)12(3)21-19-22-17-11(2)15(20)9-10-16(17)25-19/h5-10,12H,4H2,1-3H3,(H,21,22). The first-order valence-electron chi connectivity index (χ1n) is 8.09. The average molecular weight is 375 g/mol. The lowest BCUT2D eigenvalue weighted by Gasteiger charge is -2.12. The van der Waals surface area contributed by atoms with Gasteiger partial charge in [0.1, 0.15) is 5.75 Å². The van der Waals surface area contributed by atoms with E-state index in [1.54, 1.807) is 12.1 Å². The number of fused-ring (bicyclic) bond motifs is 1. The third kappa shape index (κ3) is 3.78. The van der Waals surface area contributed by atoms with E-state index in [0.717, 1.165) is 21.5 Å². The number of rotatable bonds is 6. The maximum atomic E-state index is 12.6. The molecule has 4 nitrogen and oxygen atoms in total. The van der Waals surface area contributed by atoms with Gasteiger partial charge in [0, 0.05) is 10.6 Å². The van der Waals surface area contributed by atoms with Crippen molar-refractivity contribution in [2.75, 3.05) is 11.9 Å². The second kappa shape index (κ2) is 7.42. The number of nitrogens with one attached hydrogen (secondary N) is 1. The molecule has 2 aromatic carbocycles. The van der Waals surface area contributed by atoms with E-state index in [1.165, 1.54) is 11.3 Å². The average Bonchev–Trinajstić information content (AvgIpc) is 3.02. The summed E-state index contributed by atoms with van der Waals surface area (Å²) in [5.74, 6) is 0.773. The molecule has 0 bridgehead atoms. The van der Waals surface area contributed by atoms with E-state index in [9.17, 15) is 4.79 Å². The Hall–Kier alpha value is -2.11. The highest BCUT2D eigenvalue weighted by Crippen LogP contribution is 2.32. The van der Waals surface area contributed by atoms with E-state index in [4.69, 9.17) is 16.3 Å². The van der Waals surface area contributed by atoms with Crippen molar-refractivity contribution in [3.8, 4) is 5.75 Å². The zero-order valence-corrected chi connectivity index (χ0v) is 15.9. The Labute approximate surface area is 155 Å². The first-order valence-corrected chi connectivity index (χ1v) is 9.28. The van der Waals surface area contributed by atoms with Crippen molar-refractivity contribution >= 4 is 44.1 Å². The van der Waals surface area contributed by atoms with Crippen LogP contribution in [0.25, 0.3) is 10.2 Å². The van der Waals surface area contributed by atoms with Crippen LogP contribution in [0.3, 0.4) is 0 Å². The molecule has 0 aliphatic carbocycles. The van der Waals surface area contributed by atoms with E-state index >= 15 is 0 Å². The van der Waals surface area contributed by atoms with Crippen LogP contribution in [0.5, 0.6) is 5.75 Å². The lowest BCUT2D eigenvalue weighted by Crippen LogP contribution is -2.26. The van der Waals surface area contributed by atoms with Gasteiger partial charge >= 0.3 is 0 Å². The molecule has 0 radical (unpaired) electrons. The fourth-order valence-electron chi connectivity index (χ4n) is 2.55. The highest BCUT2D eigenvalue weighted by Gasteiger charge is 2.17. The molecule has 6 heteroatoms.